The number of hydrogen-bond acceptors (Lipinski definition) is 7. The Morgan fingerprint density at radius 3 is 2.79 bits per heavy atom. The number of nitrogens with zero attached hydrogens (tertiary/aromatic N) is 4. The molecule has 0 aliphatic carbocycles. The van der Waals surface area contributed by atoms with E-state index in [0.717, 1.165) is 34.8 Å². The lowest BCUT2D eigenvalue weighted by atomic mass is 9.84. The van der Waals surface area contributed by atoms with E-state index in [0.29, 0.717) is 17.8 Å². The molecule has 5 heterocycles. The molecule has 0 spiro atoms. The molecule has 0 amide bonds. The molecule has 7 heteroatoms. The van der Waals surface area contributed by atoms with E-state index in [-0.39, 0.29) is 0 Å². The van der Waals surface area contributed by atoms with Crippen molar-refractivity contribution in [2.24, 2.45) is 5.92 Å². The zero-order valence-corrected chi connectivity index (χ0v) is 13.5. The van der Waals surface area contributed by atoms with Gasteiger partial charge in [0.05, 0.1) is 5.39 Å². The predicted molar refractivity (Wildman–Crippen MR) is 88.6 cm³/mol. The van der Waals surface area contributed by atoms with Gasteiger partial charge in [-0.3, -0.25) is 0 Å². The van der Waals surface area contributed by atoms with E-state index >= 15 is 0 Å². The first kappa shape index (κ1) is 14.0. The van der Waals surface area contributed by atoms with Crippen LogP contribution in [0.3, 0.4) is 0 Å². The highest BCUT2D eigenvalue weighted by atomic mass is 16.5. The molecular weight excluding hydrogens is 306 g/mol. The van der Waals surface area contributed by atoms with Crippen LogP contribution in [0.5, 0.6) is 0 Å². The minimum absolute atomic E-state index is 0.457. The number of anilines is 1. The number of rotatable bonds is 3. The van der Waals surface area contributed by atoms with Gasteiger partial charge >= 0.3 is 0 Å². The van der Waals surface area contributed by atoms with Crippen LogP contribution < -0.4 is 5.32 Å². The highest BCUT2D eigenvalue weighted by Gasteiger charge is 2.34. The molecule has 1 unspecified atom stereocenters. The van der Waals surface area contributed by atoms with Crippen LogP contribution in [0.25, 0.3) is 22.4 Å². The molecule has 0 radical (unpaired) electrons. The molecule has 1 aromatic carbocycles. The molecular formula is C17H19N5O2. The summed E-state index contributed by atoms with van der Waals surface area (Å²) < 4.78 is 11.0. The van der Waals surface area contributed by atoms with Gasteiger partial charge in [-0.2, -0.15) is 0 Å². The number of nitrogens with one attached hydrogen (secondary N) is 1. The van der Waals surface area contributed by atoms with E-state index in [4.69, 9.17) is 8.94 Å². The zero-order valence-electron chi connectivity index (χ0n) is 13.5. The number of hydrogen-bond donors (Lipinski definition) is 1. The lowest BCUT2D eigenvalue weighted by Gasteiger charge is -2.44. The summed E-state index contributed by atoms with van der Waals surface area (Å²) in [6.07, 6.45) is 2.54. The highest BCUT2D eigenvalue weighted by molar-refractivity contribution is 5.90. The molecule has 124 valence electrons. The normalized spacial score (nSPS) is 26.1. The molecule has 0 saturated carbocycles. The fourth-order valence-corrected chi connectivity index (χ4v) is 3.89. The van der Waals surface area contributed by atoms with E-state index in [1.54, 1.807) is 6.92 Å². The van der Waals surface area contributed by atoms with Crippen molar-refractivity contribution in [2.75, 3.05) is 25.0 Å². The van der Waals surface area contributed by atoms with Crippen molar-refractivity contribution in [3.63, 3.8) is 0 Å². The van der Waals surface area contributed by atoms with E-state index in [9.17, 15) is 0 Å². The average Bonchev–Trinajstić information content (AvgIpc) is 3.22. The summed E-state index contributed by atoms with van der Waals surface area (Å²) in [5, 5.41) is 16.8. The maximum absolute atomic E-state index is 5.52. The third kappa shape index (κ3) is 2.27. The molecule has 1 N–H and O–H groups in total. The van der Waals surface area contributed by atoms with Crippen LogP contribution in [0.2, 0.25) is 0 Å². The Morgan fingerprint density at radius 2 is 2.08 bits per heavy atom. The third-order valence-electron chi connectivity index (χ3n) is 5.22. The van der Waals surface area contributed by atoms with E-state index in [1.165, 1.54) is 25.9 Å². The van der Waals surface area contributed by atoms with Crippen LogP contribution in [0.1, 0.15) is 18.7 Å². The molecule has 3 aliphatic heterocycles. The lowest BCUT2D eigenvalue weighted by Crippen LogP contribution is -2.53. The molecule has 6 rings (SSSR count). The molecule has 3 saturated heterocycles. The van der Waals surface area contributed by atoms with E-state index < -0.39 is 0 Å². The summed E-state index contributed by atoms with van der Waals surface area (Å²) in [4.78, 5) is 2.52. The molecule has 2 bridgehead atoms. The summed E-state index contributed by atoms with van der Waals surface area (Å²) >= 11 is 0. The van der Waals surface area contributed by atoms with Crippen LogP contribution >= 0.6 is 0 Å². The average molecular weight is 325 g/mol. The largest absolute Gasteiger partial charge is 0.421 e. The van der Waals surface area contributed by atoms with Crippen molar-refractivity contribution >= 4 is 16.8 Å². The van der Waals surface area contributed by atoms with Gasteiger partial charge in [-0.1, -0.05) is 5.16 Å². The van der Waals surface area contributed by atoms with Crippen molar-refractivity contribution in [2.45, 2.75) is 25.8 Å². The van der Waals surface area contributed by atoms with E-state index in [1.807, 2.05) is 18.2 Å². The van der Waals surface area contributed by atoms with Gasteiger partial charge in [0.1, 0.15) is 0 Å². The maximum Gasteiger partial charge on any atom is 0.247 e. The van der Waals surface area contributed by atoms with Gasteiger partial charge in [-0.25, -0.2) is 0 Å². The van der Waals surface area contributed by atoms with Crippen LogP contribution in [0.15, 0.2) is 27.1 Å². The minimum Gasteiger partial charge on any atom is -0.421 e. The van der Waals surface area contributed by atoms with Gasteiger partial charge in [0.15, 0.2) is 11.4 Å². The SMILES string of the molecule is Cc1nnc(-c2ccc3c(NC4CN5CCC4CC5)noc3c2)o1. The smallest absolute Gasteiger partial charge is 0.247 e. The summed E-state index contributed by atoms with van der Waals surface area (Å²) in [6.45, 7) is 5.34. The van der Waals surface area contributed by atoms with Crippen molar-refractivity contribution in [1.82, 2.24) is 20.3 Å². The van der Waals surface area contributed by atoms with Gasteiger partial charge in [-0.05, 0) is 50.0 Å². The van der Waals surface area contributed by atoms with E-state index in [2.05, 4.69) is 25.6 Å². The molecule has 7 nitrogen and oxygen atoms in total. The second kappa shape index (κ2) is 5.31. The first-order chi connectivity index (χ1) is 11.8. The van der Waals surface area contributed by atoms with Crippen molar-refractivity contribution in [1.29, 1.82) is 0 Å². The molecule has 24 heavy (non-hydrogen) atoms. The number of aromatic nitrogens is 3. The maximum atomic E-state index is 5.52. The van der Waals surface area contributed by atoms with Crippen molar-refractivity contribution < 1.29 is 8.94 Å². The summed E-state index contributed by atoms with van der Waals surface area (Å²) in [5.74, 6) is 2.62. The second-order valence-electron chi connectivity index (χ2n) is 6.76. The fraction of sp³-hybridized carbons (Fsp3) is 0.471. The number of benzene rings is 1. The number of fused-ring (bicyclic) bond motifs is 4. The third-order valence-corrected chi connectivity index (χ3v) is 5.22. The van der Waals surface area contributed by atoms with Gasteiger partial charge < -0.3 is 19.2 Å². The minimum atomic E-state index is 0.457. The lowest BCUT2D eigenvalue weighted by molar-refractivity contribution is 0.0973. The van der Waals surface area contributed by atoms with Gasteiger partial charge in [0.25, 0.3) is 0 Å². The number of aryl methyl sites for hydroxylation is 1. The summed E-state index contributed by atoms with van der Waals surface area (Å²) in [6, 6.07) is 6.33. The molecule has 1 atom stereocenters. The first-order valence-corrected chi connectivity index (χ1v) is 8.45. The first-order valence-electron chi connectivity index (χ1n) is 8.45. The zero-order chi connectivity index (χ0) is 16.1. The monoisotopic (exact) mass is 325 g/mol. The standard InChI is InChI=1S/C17H19N5O2/c1-10-19-20-17(23-10)12-2-3-13-15(8-12)24-21-16(13)18-14-9-22-6-4-11(14)5-7-22/h2-3,8,11,14H,4-7,9H2,1H3,(H,18,21). The summed E-state index contributed by atoms with van der Waals surface area (Å²) in [5.41, 5.74) is 1.57. The quantitative estimate of drug-likeness (QED) is 0.793. The molecule has 3 aliphatic rings. The van der Waals surface area contributed by atoms with Crippen LogP contribution in [-0.4, -0.2) is 45.9 Å². The fourth-order valence-electron chi connectivity index (χ4n) is 3.89. The second-order valence-corrected chi connectivity index (χ2v) is 6.76. The topological polar surface area (TPSA) is 80.2 Å². The Labute approximate surface area is 139 Å². The highest BCUT2D eigenvalue weighted by Crippen LogP contribution is 2.33. The van der Waals surface area contributed by atoms with Crippen LogP contribution in [-0.2, 0) is 0 Å². The molecule has 3 fully saturated rings. The Balaban J connectivity index is 1.43. The Kier molecular flexibility index (Phi) is 3.09. The number of piperidine rings is 3. The van der Waals surface area contributed by atoms with Crippen molar-refractivity contribution in [3.8, 4) is 11.5 Å². The Morgan fingerprint density at radius 1 is 1.21 bits per heavy atom. The van der Waals surface area contributed by atoms with Crippen molar-refractivity contribution in [3.05, 3.63) is 24.1 Å². The predicted octanol–water partition coefficient (Wildman–Crippen LogP) is 2.69. The Bertz CT molecular complexity index is 878. The Hall–Kier alpha value is -2.41. The van der Waals surface area contributed by atoms with Gasteiger partial charge in [0, 0.05) is 25.1 Å². The van der Waals surface area contributed by atoms with Crippen LogP contribution in [0, 0.1) is 12.8 Å². The van der Waals surface area contributed by atoms with Crippen LogP contribution in [0.4, 0.5) is 5.82 Å². The van der Waals surface area contributed by atoms with Gasteiger partial charge in [-0.15, -0.1) is 10.2 Å². The van der Waals surface area contributed by atoms with Gasteiger partial charge in [0.2, 0.25) is 11.8 Å². The molecule has 3 aromatic rings. The summed E-state index contributed by atoms with van der Waals surface area (Å²) in [7, 11) is 0. The molecule has 2 aromatic heterocycles.